The summed E-state index contributed by atoms with van der Waals surface area (Å²) in [6.45, 7) is -0.551. The van der Waals surface area contributed by atoms with E-state index in [1.165, 1.54) is 6.07 Å². The number of halogens is 2. The third-order valence-corrected chi connectivity index (χ3v) is 4.15. The van der Waals surface area contributed by atoms with Gasteiger partial charge in [-0.3, -0.25) is 9.59 Å². The molecule has 1 saturated carbocycles. The summed E-state index contributed by atoms with van der Waals surface area (Å²) in [6, 6.07) is 3.27. The second-order valence-electron chi connectivity index (χ2n) is 5.64. The molecule has 0 spiro atoms. The van der Waals surface area contributed by atoms with Crippen LogP contribution in [0.4, 0.5) is 14.5 Å². The molecule has 1 amide bonds. The largest absolute Gasteiger partial charge is 0.455 e. The Hall–Kier alpha value is -2.24. The number of hydrogen-bond donors (Lipinski definition) is 1. The van der Waals surface area contributed by atoms with Gasteiger partial charge in [-0.15, -0.1) is 0 Å². The first-order chi connectivity index (χ1) is 10.5. The van der Waals surface area contributed by atoms with E-state index in [9.17, 15) is 18.4 Å². The highest BCUT2D eigenvalue weighted by Gasteiger charge is 2.40. The smallest absolute Gasteiger partial charge is 0.310 e. The maximum absolute atomic E-state index is 13.4. The molecule has 3 atom stereocenters. The summed E-state index contributed by atoms with van der Waals surface area (Å²) in [5.41, 5.74) is -0.536. The maximum Gasteiger partial charge on any atom is 0.310 e. The quantitative estimate of drug-likeness (QED) is 0.687. The summed E-state index contributed by atoms with van der Waals surface area (Å²) in [4.78, 5) is 23.6. The number of carbonyl (C=O) groups is 2. The van der Waals surface area contributed by atoms with E-state index in [-0.39, 0.29) is 11.8 Å². The highest BCUT2D eigenvalue weighted by atomic mass is 19.1. The normalized spacial score (nSPS) is 25.3. The van der Waals surface area contributed by atoms with Crippen molar-refractivity contribution in [1.29, 1.82) is 0 Å². The van der Waals surface area contributed by atoms with Gasteiger partial charge in [0.05, 0.1) is 5.92 Å². The second-order valence-corrected chi connectivity index (χ2v) is 5.64. The van der Waals surface area contributed by atoms with Crippen LogP contribution in [0.25, 0.3) is 0 Å². The molecule has 2 aliphatic rings. The summed E-state index contributed by atoms with van der Waals surface area (Å²) in [6.07, 6.45) is 5.80. The number of carbonyl (C=O) groups excluding carboxylic acids is 2. The standard InChI is InChI=1S/C16H15F2NO3/c17-12-2-1-3-13(18)15(12)19-14(20)8-22-16(21)11-7-9-4-5-10(11)6-9/h1-5,9-11H,6-8H2,(H,19,20). The van der Waals surface area contributed by atoms with Gasteiger partial charge in [-0.2, -0.15) is 0 Å². The molecular weight excluding hydrogens is 292 g/mol. The molecule has 0 saturated heterocycles. The van der Waals surface area contributed by atoms with Crippen molar-refractivity contribution in [3.63, 3.8) is 0 Å². The Labute approximate surface area is 126 Å². The molecule has 1 aromatic rings. The van der Waals surface area contributed by atoms with Crippen LogP contribution in [0.5, 0.6) is 0 Å². The topological polar surface area (TPSA) is 55.4 Å². The summed E-state index contributed by atoms with van der Waals surface area (Å²) >= 11 is 0. The molecule has 116 valence electrons. The molecule has 4 nitrogen and oxygen atoms in total. The zero-order valence-corrected chi connectivity index (χ0v) is 11.7. The molecule has 0 aromatic heterocycles. The van der Waals surface area contributed by atoms with Crippen molar-refractivity contribution in [2.45, 2.75) is 12.8 Å². The zero-order valence-electron chi connectivity index (χ0n) is 11.7. The fourth-order valence-electron chi connectivity index (χ4n) is 3.09. The lowest BCUT2D eigenvalue weighted by atomic mass is 9.94. The number of amides is 1. The van der Waals surface area contributed by atoms with Crippen LogP contribution < -0.4 is 5.32 Å². The van der Waals surface area contributed by atoms with E-state index in [2.05, 4.69) is 11.4 Å². The lowest BCUT2D eigenvalue weighted by Gasteiger charge is -2.16. The second kappa shape index (κ2) is 5.87. The number of anilines is 1. The maximum atomic E-state index is 13.4. The van der Waals surface area contributed by atoms with E-state index >= 15 is 0 Å². The first kappa shape index (κ1) is 14.7. The van der Waals surface area contributed by atoms with E-state index in [0.29, 0.717) is 5.92 Å². The Morgan fingerprint density at radius 3 is 2.50 bits per heavy atom. The lowest BCUT2D eigenvalue weighted by molar-refractivity contribution is -0.152. The predicted octanol–water partition coefficient (Wildman–Crippen LogP) is 2.66. The van der Waals surface area contributed by atoms with Crippen LogP contribution in [0.15, 0.2) is 30.4 Å². The summed E-state index contributed by atoms with van der Waals surface area (Å²) < 4.78 is 31.7. The number of ether oxygens (including phenoxy) is 1. The van der Waals surface area contributed by atoms with Gasteiger partial charge >= 0.3 is 5.97 Å². The fraction of sp³-hybridized carbons (Fsp3) is 0.375. The van der Waals surface area contributed by atoms with Crippen molar-refractivity contribution in [2.75, 3.05) is 11.9 Å². The minimum absolute atomic E-state index is 0.185. The molecule has 2 bridgehead atoms. The highest BCUT2D eigenvalue weighted by Crippen LogP contribution is 2.43. The molecule has 3 unspecified atom stereocenters. The Kier molecular flexibility index (Phi) is 3.92. The number of hydrogen-bond acceptors (Lipinski definition) is 3. The lowest BCUT2D eigenvalue weighted by Crippen LogP contribution is -2.27. The van der Waals surface area contributed by atoms with Crippen LogP contribution >= 0.6 is 0 Å². The monoisotopic (exact) mass is 307 g/mol. The predicted molar refractivity (Wildman–Crippen MR) is 74.8 cm³/mol. The number of allylic oxidation sites excluding steroid dienone is 2. The van der Waals surface area contributed by atoms with E-state index in [0.717, 1.165) is 25.0 Å². The third kappa shape index (κ3) is 2.86. The number of fused-ring (bicyclic) bond motifs is 2. The van der Waals surface area contributed by atoms with Gasteiger partial charge < -0.3 is 10.1 Å². The van der Waals surface area contributed by atoms with Crippen LogP contribution in [0.2, 0.25) is 0 Å². The van der Waals surface area contributed by atoms with Crippen LogP contribution in [0.1, 0.15) is 12.8 Å². The Morgan fingerprint density at radius 1 is 1.18 bits per heavy atom. The molecule has 0 heterocycles. The molecule has 6 heteroatoms. The van der Waals surface area contributed by atoms with E-state index in [4.69, 9.17) is 4.74 Å². The molecule has 1 aromatic carbocycles. The average Bonchev–Trinajstić information content (AvgIpc) is 3.11. The molecular formula is C16H15F2NO3. The van der Waals surface area contributed by atoms with E-state index in [1.54, 1.807) is 0 Å². The molecule has 22 heavy (non-hydrogen) atoms. The van der Waals surface area contributed by atoms with Crippen molar-refractivity contribution < 1.29 is 23.1 Å². The molecule has 0 radical (unpaired) electrons. The first-order valence-electron chi connectivity index (χ1n) is 7.13. The van der Waals surface area contributed by atoms with Crippen LogP contribution in [-0.4, -0.2) is 18.5 Å². The molecule has 1 N–H and O–H groups in total. The van der Waals surface area contributed by atoms with E-state index in [1.807, 2.05) is 6.08 Å². The minimum Gasteiger partial charge on any atom is -0.455 e. The molecule has 3 rings (SSSR count). The number of para-hydroxylation sites is 1. The number of benzene rings is 1. The average molecular weight is 307 g/mol. The van der Waals surface area contributed by atoms with Gasteiger partial charge in [0.15, 0.2) is 6.61 Å². The summed E-state index contributed by atoms with van der Waals surface area (Å²) in [7, 11) is 0. The summed E-state index contributed by atoms with van der Waals surface area (Å²) in [5.74, 6) is -2.56. The van der Waals surface area contributed by atoms with Crippen molar-refractivity contribution in [2.24, 2.45) is 17.8 Å². The third-order valence-electron chi connectivity index (χ3n) is 4.15. The van der Waals surface area contributed by atoms with Crippen LogP contribution in [-0.2, 0) is 14.3 Å². The van der Waals surface area contributed by atoms with Gasteiger partial charge in [0.2, 0.25) is 0 Å². The van der Waals surface area contributed by atoms with Gasteiger partial charge in [0.25, 0.3) is 5.91 Å². The molecule has 1 fully saturated rings. The van der Waals surface area contributed by atoms with Gasteiger partial charge in [-0.05, 0) is 36.8 Å². The number of esters is 1. The molecule has 2 aliphatic carbocycles. The van der Waals surface area contributed by atoms with Crippen LogP contribution in [0, 0.1) is 29.4 Å². The van der Waals surface area contributed by atoms with Gasteiger partial charge in [0.1, 0.15) is 17.3 Å². The number of nitrogens with one attached hydrogen (secondary N) is 1. The number of rotatable bonds is 4. The Balaban J connectivity index is 1.52. The highest BCUT2D eigenvalue weighted by molar-refractivity contribution is 5.93. The van der Waals surface area contributed by atoms with Crippen molar-refractivity contribution in [3.05, 3.63) is 42.0 Å². The fourth-order valence-corrected chi connectivity index (χ4v) is 3.09. The van der Waals surface area contributed by atoms with Crippen LogP contribution in [0.3, 0.4) is 0 Å². The van der Waals surface area contributed by atoms with Gasteiger partial charge in [-0.25, -0.2) is 8.78 Å². The minimum atomic E-state index is -0.877. The Bertz CT molecular complexity index is 624. The van der Waals surface area contributed by atoms with E-state index < -0.39 is 35.8 Å². The van der Waals surface area contributed by atoms with Crippen molar-refractivity contribution in [1.82, 2.24) is 0 Å². The van der Waals surface area contributed by atoms with Crippen molar-refractivity contribution >= 4 is 17.6 Å². The van der Waals surface area contributed by atoms with Gasteiger partial charge in [-0.1, -0.05) is 18.2 Å². The Morgan fingerprint density at radius 2 is 1.91 bits per heavy atom. The zero-order chi connectivity index (χ0) is 15.7. The van der Waals surface area contributed by atoms with Gasteiger partial charge in [0, 0.05) is 0 Å². The first-order valence-corrected chi connectivity index (χ1v) is 7.13. The molecule has 0 aliphatic heterocycles. The van der Waals surface area contributed by atoms with Crippen molar-refractivity contribution in [3.8, 4) is 0 Å². The summed E-state index contributed by atoms with van der Waals surface area (Å²) in [5, 5.41) is 2.08. The SMILES string of the molecule is O=C(COC(=O)C1CC2C=CC1C2)Nc1c(F)cccc1F.